The summed E-state index contributed by atoms with van der Waals surface area (Å²) in [6, 6.07) is 7.13. The van der Waals surface area contributed by atoms with Crippen molar-refractivity contribution in [2.24, 2.45) is 5.73 Å². The summed E-state index contributed by atoms with van der Waals surface area (Å²) >= 11 is 0. The summed E-state index contributed by atoms with van der Waals surface area (Å²) < 4.78 is 19.5. The van der Waals surface area contributed by atoms with Crippen LogP contribution in [0.2, 0.25) is 0 Å². The first-order chi connectivity index (χ1) is 7.65. The fraction of sp³-hybridized carbons (Fsp3) is 0.538. The summed E-state index contributed by atoms with van der Waals surface area (Å²) in [7, 11) is 1.58. The van der Waals surface area contributed by atoms with Crippen LogP contribution < -0.4 is 10.5 Å². The molecule has 0 heterocycles. The van der Waals surface area contributed by atoms with Crippen molar-refractivity contribution in [2.45, 2.75) is 37.4 Å². The van der Waals surface area contributed by atoms with Gasteiger partial charge in [0.2, 0.25) is 0 Å². The summed E-state index contributed by atoms with van der Waals surface area (Å²) in [4.78, 5) is 0. The van der Waals surface area contributed by atoms with E-state index in [0.717, 1.165) is 25.7 Å². The van der Waals surface area contributed by atoms with Crippen molar-refractivity contribution < 1.29 is 9.13 Å². The Hall–Kier alpha value is -1.09. The Labute approximate surface area is 95.6 Å². The minimum Gasteiger partial charge on any atom is -0.497 e. The van der Waals surface area contributed by atoms with Crippen LogP contribution in [0.25, 0.3) is 0 Å². The van der Waals surface area contributed by atoms with Crippen molar-refractivity contribution in [2.75, 3.05) is 7.11 Å². The SMILES string of the molecule is COc1cccc(C(F)C2(N)CCCC2)c1. The van der Waals surface area contributed by atoms with Crippen LogP contribution in [0, 0.1) is 0 Å². The number of halogens is 1. The van der Waals surface area contributed by atoms with Gasteiger partial charge in [-0.3, -0.25) is 0 Å². The Kier molecular flexibility index (Phi) is 3.15. The maximum Gasteiger partial charge on any atom is 0.143 e. The molecule has 0 radical (unpaired) electrons. The highest BCUT2D eigenvalue weighted by atomic mass is 19.1. The zero-order chi connectivity index (χ0) is 11.6. The lowest BCUT2D eigenvalue weighted by Gasteiger charge is -2.28. The van der Waals surface area contributed by atoms with Gasteiger partial charge in [0.15, 0.2) is 0 Å². The van der Waals surface area contributed by atoms with Crippen LogP contribution in [0.15, 0.2) is 24.3 Å². The molecule has 2 N–H and O–H groups in total. The zero-order valence-corrected chi connectivity index (χ0v) is 9.58. The number of methoxy groups -OCH3 is 1. The third kappa shape index (κ3) is 2.05. The van der Waals surface area contributed by atoms with Crippen LogP contribution >= 0.6 is 0 Å². The molecule has 1 aliphatic rings. The van der Waals surface area contributed by atoms with E-state index >= 15 is 0 Å². The predicted molar refractivity (Wildman–Crippen MR) is 62.2 cm³/mol. The van der Waals surface area contributed by atoms with Gasteiger partial charge in [0.05, 0.1) is 12.6 Å². The fourth-order valence-corrected chi connectivity index (χ4v) is 2.42. The number of rotatable bonds is 3. The molecule has 2 nitrogen and oxygen atoms in total. The van der Waals surface area contributed by atoms with Gasteiger partial charge in [-0.1, -0.05) is 25.0 Å². The first kappa shape index (κ1) is 11.4. The largest absolute Gasteiger partial charge is 0.497 e. The van der Waals surface area contributed by atoms with Gasteiger partial charge in [-0.25, -0.2) is 4.39 Å². The second-order valence-electron chi connectivity index (χ2n) is 4.58. The Balaban J connectivity index is 2.22. The van der Waals surface area contributed by atoms with Crippen molar-refractivity contribution in [3.8, 4) is 5.75 Å². The summed E-state index contributed by atoms with van der Waals surface area (Å²) in [6.45, 7) is 0. The summed E-state index contributed by atoms with van der Waals surface area (Å²) in [5, 5.41) is 0. The smallest absolute Gasteiger partial charge is 0.143 e. The van der Waals surface area contributed by atoms with E-state index in [9.17, 15) is 4.39 Å². The second-order valence-corrected chi connectivity index (χ2v) is 4.58. The molecule has 0 saturated heterocycles. The Morgan fingerprint density at radius 1 is 1.38 bits per heavy atom. The molecule has 1 aromatic rings. The van der Waals surface area contributed by atoms with Crippen molar-refractivity contribution in [1.82, 2.24) is 0 Å². The van der Waals surface area contributed by atoms with E-state index in [2.05, 4.69) is 0 Å². The molecule has 0 amide bonds. The molecule has 3 heteroatoms. The van der Waals surface area contributed by atoms with Crippen LogP contribution in [0.5, 0.6) is 5.75 Å². The maximum absolute atomic E-state index is 14.4. The van der Waals surface area contributed by atoms with Gasteiger partial charge in [0.1, 0.15) is 11.9 Å². The van der Waals surface area contributed by atoms with E-state index in [-0.39, 0.29) is 0 Å². The molecule has 0 spiro atoms. The lowest BCUT2D eigenvalue weighted by atomic mass is 9.88. The molecule has 16 heavy (non-hydrogen) atoms. The van der Waals surface area contributed by atoms with Gasteiger partial charge >= 0.3 is 0 Å². The molecule has 0 bridgehead atoms. The van der Waals surface area contributed by atoms with Gasteiger partial charge in [-0.15, -0.1) is 0 Å². The van der Waals surface area contributed by atoms with Crippen molar-refractivity contribution in [3.63, 3.8) is 0 Å². The molecule has 0 aromatic heterocycles. The molecule has 88 valence electrons. The van der Waals surface area contributed by atoms with Gasteiger partial charge in [0, 0.05) is 0 Å². The number of hydrogen-bond acceptors (Lipinski definition) is 2. The van der Waals surface area contributed by atoms with Crippen LogP contribution in [0.4, 0.5) is 4.39 Å². The average Bonchev–Trinajstić information content (AvgIpc) is 2.76. The first-order valence-electron chi connectivity index (χ1n) is 5.73. The molecule has 1 aromatic carbocycles. The highest BCUT2D eigenvalue weighted by Crippen LogP contribution is 2.40. The lowest BCUT2D eigenvalue weighted by Crippen LogP contribution is -2.41. The third-order valence-corrected chi connectivity index (χ3v) is 3.43. The summed E-state index contributed by atoms with van der Waals surface area (Å²) in [5.74, 6) is 0.682. The lowest BCUT2D eigenvalue weighted by molar-refractivity contribution is 0.194. The van der Waals surface area contributed by atoms with Gasteiger partial charge < -0.3 is 10.5 Å². The summed E-state index contributed by atoms with van der Waals surface area (Å²) in [6.07, 6.45) is 2.50. The number of ether oxygens (including phenoxy) is 1. The number of benzene rings is 1. The molecule has 1 aliphatic carbocycles. The van der Waals surface area contributed by atoms with E-state index in [1.165, 1.54) is 0 Å². The predicted octanol–water partition coefficient (Wildman–Crippen LogP) is 2.98. The van der Waals surface area contributed by atoms with E-state index in [0.29, 0.717) is 11.3 Å². The van der Waals surface area contributed by atoms with E-state index in [4.69, 9.17) is 10.5 Å². The minimum absolute atomic E-state index is 0.628. The number of hydrogen-bond donors (Lipinski definition) is 1. The van der Waals surface area contributed by atoms with Crippen LogP contribution in [0.3, 0.4) is 0 Å². The van der Waals surface area contributed by atoms with Gasteiger partial charge in [0.25, 0.3) is 0 Å². The highest BCUT2D eigenvalue weighted by Gasteiger charge is 2.38. The van der Waals surface area contributed by atoms with Crippen LogP contribution in [0.1, 0.15) is 37.4 Å². The topological polar surface area (TPSA) is 35.2 Å². The molecular weight excluding hydrogens is 205 g/mol. The van der Waals surface area contributed by atoms with Crippen molar-refractivity contribution >= 4 is 0 Å². The zero-order valence-electron chi connectivity index (χ0n) is 9.58. The molecule has 0 aliphatic heterocycles. The molecule has 1 fully saturated rings. The van der Waals surface area contributed by atoms with Crippen molar-refractivity contribution in [1.29, 1.82) is 0 Å². The number of alkyl halides is 1. The van der Waals surface area contributed by atoms with E-state index in [1.807, 2.05) is 6.07 Å². The fourth-order valence-electron chi connectivity index (χ4n) is 2.42. The molecule has 1 unspecified atom stereocenters. The maximum atomic E-state index is 14.4. The second kappa shape index (κ2) is 4.42. The van der Waals surface area contributed by atoms with Crippen LogP contribution in [-0.2, 0) is 0 Å². The average molecular weight is 223 g/mol. The van der Waals surface area contributed by atoms with Gasteiger partial charge in [-0.05, 0) is 30.5 Å². The quantitative estimate of drug-likeness (QED) is 0.855. The standard InChI is InChI=1S/C13H18FNO/c1-16-11-6-4-5-10(9-11)12(14)13(15)7-2-3-8-13/h4-6,9,12H,2-3,7-8,15H2,1H3. The van der Waals surface area contributed by atoms with E-state index in [1.54, 1.807) is 25.3 Å². The molecule has 1 saturated carbocycles. The van der Waals surface area contributed by atoms with Crippen LogP contribution in [-0.4, -0.2) is 12.6 Å². The highest BCUT2D eigenvalue weighted by molar-refractivity contribution is 5.31. The Morgan fingerprint density at radius 3 is 2.69 bits per heavy atom. The first-order valence-corrected chi connectivity index (χ1v) is 5.73. The third-order valence-electron chi connectivity index (χ3n) is 3.43. The molecule has 2 rings (SSSR count). The Morgan fingerprint density at radius 2 is 2.06 bits per heavy atom. The summed E-state index contributed by atoms with van der Waals surface area (Å²) in [5.41, 5.74) is 6.06. The van der Waals surface area contributed by atoms with Gasteiger partial charge in [-0.2, -0.15) is 0 Å². The molecular formula is C13H18FNO. The number of nitrogens with two attached hydrogens (primary N) is 1. The van der Waals surface area contributed by atoms with E-state index < -0.39 is 11.7 Å². The molecule has 1 atom stereocenters. The normalized spacial score (nSPS) is 20.7. The van der Waals surface area contributed by atoms with Crippen molar-refractivity contribution in [3.05, 3.63) is 29.8 Å². The minimum atomic E-state index is -1.09. The monoisotopic (exact) mass is 223 g/mol. The Bertz CT molecular complexity index is 361.